The van der Waals surface area contributed by atoms with Gasteiger partial charge in [-0.15, -0.1) is 0 Å². The van der Waals surface area contributed by atoms with Crippen molar-refractivity contribution in [3.05, 3.63) is 42.0 Å². The quantitative estimate of drug-likeness (QED) is 0.540. The van der Waals surface area contributed by atoms with E-state index in [2.05, 4.69) is 13.8 Å². The number of rotatable bonds is 8. The summed E-state index contributed by atoms with van der Waals surface area (Å²) in [5.74, 6) is -0.474. The predicted molar refractivity (Wildman–Crippen MR) is 80.0 cm³/mol. The van der Waals surface area contributed by atoms with Crippen molar-refractivity contribution in [2.45, 2.75) is 46.0 Å². The molecule has 1 rings (SSSR count). The Kier molecular flexibility index (Phi) is 6.94. The monoisotopic (exact) mass is 260 g/mol. The number of carboxylic acid groups (broad SMARTS) is 1. The molecule has 1 aromatic rings. The van der Waals surface area contributed by atoms with Crippen molar-refractivity contribution >= 4 is 11.5 Å². The van der Waals surface area contributed by atoms with Gasteiger partial charge in [-0.2, -0.15) is 0 Å². The average molecular weight is 260 g/mol. The second-order valence-electron chi connectivity index (χ2n) is 4.92. The maximum absolute atomic E-state index is 11.4. The molecule has 0 spiro atoms. The second kappa shape index (κ2) is 8.52. The van der Waals surface area contributed by atoms with Crippen LogP contribution >= 0.6 is 0 Å². The summed E-state index contributed by atoms with van der Waals surface area (Å²) in [5.41, 5.74) is 1.23. The summed E-state index contributed by atoms with van der Waals surface area (Å²) in [6, 6.07) is 9.38. The lowest BCUT2D eigenvalue weighted by Gasteiger charge is -2.12. The van der Waals surface area contributed by atoms with Crippen LogP contribution < -0.4 is 0 Å². The molecule has 0 saturated carbocycles. The highest BCUT2D eigenvalue weighted by atomic mass is 16.4. The normalized spacial score (nSPS) is 13.3. The molecule has 0 aliphatic rings. The molecule has 0 saturated heterocycles. The molecule has 0 aromatic heterocycles. The number of aliphatic carboxylic acids is 1. The molecule has 0 radical (unpaired) electrons. The maximum Gasteiger partial charge on any atom is 0.335 e. The highest BCUT2D eigenvalue weighted by molar-refractivity contribution is 6.15. The summed E-state index contributed by atoms with van der Waals surface area (Å²) in [6.45, 7) is 4.31. The number of allylic oxidation sites excluding steroid dienone is 1. The topological polar surface area (TPSA) is 37.3 Å². The van der Waals surface area contributed by atoms with Crippen LogP contribution in [0.5, 0.6) is 0 Å². The van der Waals surface area contributed by atoms with Gasteiger partial charge in [-0.3, -0.25) is 0 Å². The molecule has 0 fully saturated rings. The van der Waals surface area contributed by atoms with Crippen LogP contribution in [-0.2, 0) is 4.79 Å². The average Bonchev–Trinajstić information content (AvgIpc) is 2.43. The molecule has 0 aliphatic heterocycles. The Morgan fingerprint density at radius 3 is 2.42 bits per heavy atom. The van der Waals surface area contributed by atoms with Gasteiger partial charge in [-0.1, -0.05) is 69.5 Å². The van der Waals surface area contributed by atoms with Crippen LogP contribution in [0.25, 0.3) is 5.57 Å². The van der Waals surface area contributed by atoms with Crippen LogP contribution in [0.4, 0.5) is 0 Å². The molecule has 0 amide bonds. The number of benzene rings is 1. The smallest absolute Gasteiger partial charge is 0.335 e. The molecule has 0 heterocycles. The highest BCUT2D eigenvalue weighted by Gasteiger charge is 2.13. The largest absolute Gasteiger partial charge is 0.478 e. The lowest BCUT2D eigenvalue weighted by atomic mass is 9.93. The minimum absolute atomic E-state index is 0.359. The first-order valence-corrected chi connectivity index (χ1v) is 7.19. The Balaban J connectivity index is 2.84. The van der Waals surface area contributed by atoms with E-state index in [0.29, 0.717) is 11.5 Å². The fraction of sp³-hybridized carbons (Fsp3) is 0.471. The van der Waals surface area contributed by atoms with E-state index in [1.54, 1.807) is 0 Å². The predicted octanol–water partition coefficient (Wildman–Crippen LogP) is 4.76. The van der Waals surface area contributed by atoms with E-state index in [0.717, 1.165) is 18.4 Å². The van der Waals surface area contributed by atoms with Gasteiger partial charge in [-0.25, -0.2) is 4.79 Å². The third-order valence-corrected chi connectivity index (χ3v) is 3.42. The summed E-state index contributed by atoms with van der Waals surface area (Å²) in [4.78, 5) is 11.4. The molecular weight excluding hydrogens is 236 g/mol. The number of hydrogen-bond donors (Lipinski definition) is 1. The fourth-order valence-corrected chi connectivity index (χ4v) is 2.21. The first kappa shape index (κ1) is 15.5. The summed E-state index contributed by atoms with van der Waals surface area (Å²) < 4.78 is 0. The maximum atomic E-state index is 11.4. The Hall–Kier alpha value is -1.57. The molecule has 104 valence electrons. The Labute approximate surface area is 116 Å². The minimum atomic E-state index is -0.833. The molecule has 19 heavy (non-hydrogen) atoms. The van der Waals surface area contributed by atoms with Crippen LogP contribution in [0.15, 0.2) is 36.4 Å². The van der Waals surface area contributed by atoms with Crippen LogP contribution in [0, 0.1) is 5.92 Å². The van der Waals surface area contributed by atoms with E-state index in [4.69, 9.17) is 0 Å². The van der Waals surface area contributed by atoms with E-state index in [-0.39, 0.29) is 0 Å². The summed E-state index contributed by atoms with van der Waals surface area (Å²) >= 11 is 0. The zero-order valence-electron chi connectivity index (χ0n) is 11.9. The molecule has 1 unspecified atom stereocenters. The molecule has 1 atom stereocenters. The lowest BCUT2D eigenvalue weighted by molar-refractivity contribution is -0.130. The van der Waals surface area contributed by atoms with Gasteiger partial charge in [0.1, 0.15) is 0 Å². The van der Waals surface area contributed by atoms with Gasteiger partial charge in [0.25, 0.3) is 0 Å². The molecule has 2 nitrogen and oxygen atoms in total. The van der Waals surface area contributed by atoms with Crippen molar-refractivity contribution in [2.75, 3.05) is 0 Å². The molecular formula is C17H24O2. The first-order valence-electron chi connectivity index (χ1n) is 7.19. The lowest BCUT2D eigenvalue weighted by Crippen LogP contribution is -2.04. The third-order valence-electron chi connectivity index (χ3n) is 3.42. The molecule has 2 heteroatoms. The first-order chi connectivity index (χ1) is 9.19. The molecule has 1 N–H and O–H groups in total. The number of carbonyl (C=O) groups is 1. The fourth-order valence-electron chi connectivity index (χ4n) is 2.21. The van der Waals surface area contributed by atoms with Crippen LogP contribution in [0.1, 0.15) is 51.5 Å². The zero-order valence-corrected chi connectivity index (χ0v) is 11.9. The van der Waals surface area contributed by atoms with Crippen molar-refractivity contribution in [3.8, 4) is 0 Å². The van der Waals surface area contributed by atoms with E-state index in [9.17, 15) is 9.90 Å². The van der Waals surface area contributed by atoms with E-state index in [1.807, 2.05) is 36.4 Å². The molecule has 1 aromatic carbocycles. The van der Waals surface area contributed by atoms with Gasteiger partial charge in [0.15, 0.2) is 0 Å². The summed E-state index contributed by atoms with van der Waals surface area (Å²) in [6.07, 6.45) is 7.60. The summed E-state index contributed by atoms with van der Waals surface area (Å²) in [7, 11) is 0. The van der Waals surface area contributed by atoms with Crippen molar-refractivity contribution in [3.63, 3.8) is 0 Å². The standard InChI is InChI=1S/C17H24O2/c1-3-5-7-10-14(4-2)13-16(17(18)19)15-11-8-6-9-12-15/h6,8-9,11-14H,3-5,7,10H2,1-2H3,(H,18,19). The van der Waals surface area contributed by atoms with Crippen LogP contribution in [0.3, 0.4) is 0 Å². The van der Waals surface area contributed by atoms with Crippen LogP contribution in [0.2, 0.25) is 0 Å². The van der Waals surface area contributed by atoms with E-state index >= 15 is 0 Å². The number of carboxylic acids is 1. The molecule has 0 aliphatic carbocycles. The number of unbranched alkanes of at least 4 members (excludes halogenated alkanes) is 2. The van der Waals surface area contributed by atoms with Crippen LogP contribution in [-0.4, -0.2) is 11.1 Å². The Morgan fingerprint density at radius 2 is 1.89 bits per heavy atom. The van der Waals surface area contributed by atoms with Crippen molar-refractivity contribution in [2.24, 2.45) is 5.92 Å². The van der Waals surface area contributed by atoms with Gasteiger partial charge in [-0.05, 0) is 24.3 Å². The third kappa shape index (κ3) is 5.29. The van der Waals surface area contributed by atoms with Gasteiger partial charge >= 0.3 is 5.97 Å². The SMILES string of the molecule is CCCCCC(C=C(C(=O)O)c1ccccc1)CC. The Bertz CT molecular complexity index is 407. The van der Waals surface area contributed by atoms with Crippen molar-refractivity contribution in [1.82, 2.24) is 0 Å². The van der Waals surface area contributed by atoms with E-state index in [1.165, 1.54) is 19.3 Å². The number of hydrogen-bond acceptors (Lipinski definition) is 1. The van der Waals surface area contributed by atoms with Crippen molar-refractivity contribution in [1.29, 1.82) is 0 Å². The Morgan fingerprint density at radius 1 is 1.21 bits per heavy atom. The minimum Gasteiger partial charge on any atom is -0.478 e. The second-order valence-corrected chi connectivity index (χ2v) is 4.92. The van der Waals surface area contributed by atoms with Gasteiger partial charge in [0.05, 0.1) is 5.57 Å². The summed E-state index contributed by atoms with van der Waals surface area (Å²) in [5, 5.41) is 9.37. The van der Waals surface area contributed by atoms with Gasteiger partial charge < -0.3 is 5.11 Å². The van der Waals surface area contributed by atoms with Crippen molar-refractivity contribution < 1.29 is 9.90 Å². The van der Waals surface area contributed by atoms with Gasteiger partial charge in [0, 0.05) is 0 Å². The zero-order chi connectivity index (χ0) is 14.1. The van der Waals surface area contributed by atoms with Gasteiger partial charge in [0.2, 0.25) is 0 Å². The molecule has 0 bridgehead atoms. The highest BCUT2D eigenvalue weighted by Crippen LogP contribution is 2.22. The van der Waals surface area contributed by atoms with E-state index < -0.39 is 5.97 Å².